The highest BCUT2D eigenvalue weighted by molar-refractivity contribution is 5.99. The average Bonchev–Trinajstić information content (AvgIpc) is 2.82. The van der Waals surface area contributed by atoms with Crippen LogP contribution in [-0.4, -0.2) is 91.0 Å². The lowest BCUT2D eigenvalue weighted by atomic mass is 10.2. The molecule has 4 rings (SSSR count). The molecular weight excluding hydrogens is 406 g/mol. The van der Waals surface area contributed by atoms with Crippen LogP contribution in [0.25, 0.3) is 0 Å². The van der Waals surface area contributed by atoms with E-state index >= 15 is 0 Å². The molecule has 0 radical (unpaired) electrons. The second kappa shape index (κ2) is 10.6. The standard InChI is InChI=1S/C24H31N5O3/c1-32-22-9-3-2-8-21(22)28-15-13-26(14-16-28)11-6-12-29-23(30)18-27(19-24(29)31)17-20-7-4-5-10-25-20/h2-5,7-10H,6,11-19H2,1H3. The highest BCUT2D eigenvalue weighted by atomic mass is 16.5. The first-order valence-corrected chi connectivity index (χ1v) is 11.2. The number of ether oxygens (including phenoxy) is 1. The zero-order chi connectivity index (χ0) is 22.3. The summed E-state index contributed by atoms with van der Waals surface area (Å²) in [5.41, 5.74) is 2.00. The van der Waals surface area contributed by atoms with Crippen molar-refractivity contribution in [1.82, 2.24) is 19.7 Å². The van der Waals surface area contributed by atoms with Crippen LogP contribution in [0.2, 0.25) is 0 Å². The van der Waals surface area contributed by atoms with Gasteiger partial charge < -0.3 is 9.64 Å². The summed E-state index contributed by atoms with van der Waals surface area (Å²) in [6.45, 7) is 6.20. The van der Waals surface area contributed by atoms with Crippen LogP contribution in [-0.2, 0) is 16.1 Å². The highest BCUT2D eigenvalue weighted by Crippen LogP contribution is 2.28. The molecule has 0 spiro atoms. The normalized spacial score (nSPS) is 18.3. The Labute approximate surface area is 189 Å². The van der Waals surface area contributed by atoms with Crippen molar-refractivity contribution < 1.29 is 14.3 Å². The van der Waals surface area contributed by atoms with Crippen LogP contribution in [0.4, 0.5) is 5.69 Å². The zero-order valence-electron chi connectivity index (χ0n) is 18.7. The van der Waals surface area contributed by atoms with Crippen molar-refractivity contribution in [1.29, 1.82) is 0 Å². The van der Waals surface area contributed by atoms with E-state index in [-0.39, 0.29) is 24.9 Å². The van der Waals surface area contributed by atoms with Crippen molar-refractivity contribution >= 4 is 17.5 Å². The van der Waals surface area contributed by atoms with Crippen LogP contribution in [0.1, 0.15) is 12.1 Å². The second-order valence-electron chi connectivity index (χ2n) is 8.26. The smallest absolute Gasteiger partial charge is 0.243 e. The molecule has 2 saturated heterocycles. The van der Waals surface area contributed by atoms with Gasteiger partial charge in [0.15, 0.2) is 0 Å². The van der Waals surface area contributed by atoms with Gasteiger partial charge in [0.05, 0.1) is 31.6 Å². The van der Waals surface area contributed by atoms with Crippen molar-refractivity contribution in [2.75, 3.05) is 64.4 Å². The van der Waals surface area contributed by atoms with Gasteiger partial charge in [-0.2, -0.15) is 0 Å². The fourth-order valence-electron chi connectivity index (χ4n) is 4.39. The Morgan fingerprint density at radius 1 is 0.875 bits per heavy atom. The Hall–Kier alpha value is -2.97. The lowest BCUT2D eigenvalue weighted by molar-refractivity contribution is -0.151. The number of carbonyl (C=O) groups is 2. The molecule has 0 atom stereocenters. The van der Waals surface area contributed by atoms with E-state index in [4.69, 9.17) is 4.74 Å². The highest BCUT2D eigenvalue weighted by Gasteiger charge is 2.31. The Morgan fingerprint density at radius 2 is 1.59 bits per heavy atom. The predicted octanol–water partition coefficient (Wildman–Crippen LogP) is 1.47. The third-order valence-corrected chi connectivity index (χ3v) is 6.09. The lowest BCUT2D eigenvalue weighted by Crippen LogP contribution is -2.54. The first-order chi connectivity index (χ1) is 15.6. The van der Waals surface area contributed by atoms with Crippen molar-refractivity contribution in [3.05, 3.63) is 54.4 Å². The number of carbonyl (C=O) groups excluding carboxylic acids is 2. The number of aromatic nitrogens is 1. The van der Waals surface area contributed by atoms with Gasteiger partial charge in [0, 0.05) is 45.5 Å². The minimum atomic E-state index is -0.113. The molecule has 170 valence electrons. The largest absolute Gasteiger partial charge is 0.495 e. The number of hydrogen-bond acceptors (Lipinski definition) is 7. The van der Waals surface area contributed by atoms with Gasteiger partial charge in [0.25, 0.3) is 0 Å². The zero-order valence-corrected chi connectivity index (χ0v) is 18.7. The summed E-state index contributed by atoms with van der Waals surface area (Å²) in [5, 5.41) is 0. The maximum Gasteiger partial charge on any atom is 0.243 e. The topological polar surface area (TPSA) is 69.2 Å². The van der Waals surface area contributed by atoms with Crippen LogP contribution >= 0.6 is 0 Å². The average molecular weight is 438 g/mol. The van der Waals surface area contributed by atoms with E-state index < -0.39 is 0 Å². The molecule has 2 fully saturated rings. The van der Waals surface area contributed by atoms with Crippen molar-refractivity contribution in [2.24, 2.45) is 0 Å². The minimum absolute atomic E-state index is 0.113. The molecule has 2 aliphatic heterocycles. The quantitative estimate of drug-likeness (QED) is 0.580. The van der Waals surface area contributed by atoms with E-state index in [1.54, 1.807) is 13.3 Å². The van der Waals surface area contributed by atoms with Crippen molar-refractivity contribution in [3.63, 3.8) is 0 Å². The second-order valence-corrected chi connectivity index (χ2v) is 8.26. The Balaban J connectivity index is 1.20. The number of piperazine rings is 2. The molecule has 32 heavy (non-hydrogen) atoms. The number of benzene rings is 1. The van der Waals surface area contributed by atoms with E-state index in [1.807, 2.05) is 41.3 Å². The van der Waals surface area contributed by atoms with Crippen molar-refractivity contribution in [3.8, 4) is 5.75 Å². The fourth-order valence-corrected chi connectivity index (χ4v) is 4.39. The number of anilines is 1. The van der Waals surface area contributed by atoms with Crippen LogP contribution in [0, 0.1) is 0 Å². The van der Waals surface area contributed by atoms with E-state index in [9.17, 15) is 9.59 Å². The van der Waals surface area contributed by atoms with Crippen LogP contribution < -0.4 is 9.64 Å². The van der Waals surface area contributed by atoms with Crippen molar-refractivity contribution in [2.45, 2.75) is 13.0 Å². The molecule has 2 aliphatic rings. The number of hydrogen-bond donors (Lipinski definition) is 0. The maximum absolute atomic E-state index is 12.6. The Bertz CT molecular complexity index is 897. The summed E-state index contributed by atoms with van der Waals surface area (Å²) in [6, 6.07) is 13.8. The van der Waals surface area contributed by atoms with Gasteiger partial charge in [-0.15, -0.1) is 0 Å². The molecule has 0 bridgehead atoms. The van der Waals surface area contributed by atoms with Gasteiger partial charge in [-0.3, -0.25) is 29.3 Å². The summed E-state index contributed by atoms with van der Waals surface area (Å²) >= 11 is 0. The molecule has 3 heterocycles. The number of methoxy groups -OCH3 is 1. The molecular formula is C24H31N5O3. The Morgan fingerprint density at radius 3 is 2.28 bits per heavy atom. The SMILES string of the molecule is COc1ccccc1N1CCN(CCCN2C(=O)CN(Cc3ccccn3)CC2=O)CC1. The monoisotopic (exact) mass is 437 g/mol. The number of nitrogens with zero attached hydrogens (tertiary/aromatic N) is 5. The summed E-state index contributed by atoms with van der Waals surface area (Å²) in [5.74, 6) is 0.677. The number of para-hydroxylation sites is 2. The first-order valence-electron chi connectivity index (χ1n) is 11.2. The fraction of sp³-hybridized carbons (Fsp3) is 0.458. The summed E-state index contributed by atoms with van der Waals surface area (Å²) in [4.78, 5) is 37.4. The summed E-state index contributed by atoms with van der Waals surface area (Å²) < 4.78 is 5.49. The van der Waals surface area contributed by atoms with Crippen LogP contribution in [0.5, 0.6) is 5.75 Å². The lowest BCUT2D eigenvalue weighted by Gasteiger charge is -2.37. The van der Waals surface area contributed by atoms with Gasteiger partial charge in [0.1, 0.15) is 5.75 Å². The molecule has 8 heteroatoms. The van der Waals surface area contributed by atoms with Gasteiger partial charge in [0.2, 0.25) is 11.8 Å². The van der Waals surface area contributed by atoms with Gasteiger partial charge in [-0.1, -0.05) is 18.2 Å². The summed E-state index contributed by atoms with van der Waals surface area (Å²) in [7, 11) is 1.70. The molecule has 1 aromatic heterocycles. The molecule has 2 amide bonds. The number of amides is 2. The van der Waals surface area contributed by atoms with E-state index in [0.717, 1.165) is 56.3 Å². The van der Waals surface area contributed by atoms with Gasteiger partial charge >= 0.3 is 0 Å². The third-order valence-electron chi connectivity index (χ3n) is 6.09. The van der Waals surface area contributed by atoms with E-state index in [2.05, 4.69) is 20.9 Å². The molecule has 0 unspecified atom stereocenters. The number of pyridine rings is 1. The molecule has 0 N–H and O–H groups in total. The van der Waals surface area contributed by atoms with Crippen LogP contribution in [0.15, 0.2) is 48.7 Å². The minimum Gasteiger partial charge on any atom is -0.495 e. The Kier molecular flexibility index (Phi) is 7.34. The molecule has 0 saturated carbocycles. The predicted molar refractivity (Wildman–Crippen MR) is 122 cm³/mol. The third kappa shape index (κ3) is 5.44. The van der Waals surface area contributed by atoms with Gasteiger partial charge in [-0.05, 0) is 37.2 Å². The molecule has 1 aromatic carbocycles. The van der Waals surface area contributed by atoms with Gasteiger partial charge in [-0.25, -0.2) is 0 Å². The first kappa shape index (κ1) is 22.2. The van der Waals surface area contributed by atoms with E-state index in [1.165, 1.54) is 4.90 Å². The summed E-state index contributed by atoms with van der Waals surface area (Å²) in [6.07, 6.45) is 2.53. The maximum atomic E-state index is 12.6. The number of rotatable bonds is 8. The molecule has 8 nitrogen and oxygen atoms in total. The molecule has 2 aromatic rings. The number of imide groups is 1. The van der Waals surface area contributed by atoms with E-state index in [0.29, 0.717) is 13.1 Å². The molecule has 0 aliphatic carbocycles. The van der Waals surface area contributed by atoms with Crippen LogP contribution in [0.3, 0.4) is 0 Å².